The molecule has 1 aliphatic carbocycles. The van der Waals surface area contributed by atoms with Crippen LogP contribution in [0.5, 0.6) is 0 Å². The van der Waals surface area contributed by atoms with E-state index in [2.05, 4.69) is 12.6 Å². The molecule has 1 fully saturated rings. The number of nitrogens with zero attached hydrogens (tertiary/aromatic N) is 2. The summed E-state index contributed by atoms with van der Waals surface area (Å²) < 4.78 is 0. The summed E-state index contributed by atoms with van der Waals surface area (Å²) in [6.45, 7) is 3.50. The Kier molecular flexibility index (Phi) is 4.28. The Balaban J connectivity index is 0.000000371. The van der Waals surface area contributed by atoms with Crippen molar-refractivity contribution in [2.24, 2.45) is 5.92 Å². The van der Waals surface area contributed by atoms with Crippen molar-refractivity contribution in [2.75, 3.05) is 0 Å². The van der Waals surface area contributed by atoms with Gasteiger partial charge in [0.25, 0.3) is 0 Å². The minimum atomic E-state index is -0.333. The highest BCUT2D eigenvalue weighted by Gasteiger charge is 2.24. The number of rotatable bonds is 0. The van der Waals surface area contributed by atoms with Gasteiger partial charge in [-0.25, -0.2) is 5.26 Å². The largest absolute Gasteiger partial charge is 0.392 e. The van der Waals surface area contributed by atoms with E-state index in [-0.39, 0.29) is 12.0 Å². The second kappa shape index (κ2) is 4.78. The molecular formula is C7H10N2O. The van der Waals surface area contributed by atoms with Crippen molar-refractivity contribution in [3.8, 4) is 12.6 Å². The fraction of sp³-hybridized carbons (Fsp3) is 0.714. The summed E-state index contributed by atoms with van der Waals surface area (Å²) in [5.41, 5.74) is 0. The normalized spacial score (nSPS) is 29.8. The molecule has 0 spiro atoms. The fourth-order valence-corrected chi connectivity index (χ4v) is 1.09. The smallest absolute Gasteiger partial charge is 0.0722 e. The highest BCUT2D eigenvalue weighted by atomic mass is 16.3. The number of hydrogen-bond donors (Lipinski definition) is 1. The van der Waals surface area contributed by atoms with E-state index in [0.717, 1.165) is 19.3 Å². The van der Waals surface area contributed by atoms with E-state index >= 15 is 0 Å². The van der Waals surface area contributed by atoms with Crippen LogP contribution in [0.1, 0.15) is 19.3 Å². The van der Waals surface area contributed by atoms with E-state index in [4.69, 9.17) is 15.6 Å². The first-order valence-corrected chi connectivity index (χ1v) is 3.18. The van der Waals surface area contributed by atoms with Gasteiger partial charge in [0.1, 0.15) is 0 Å². The van der Waals surface area contributed by atoms with Crippen molar-refractivity contribution in [2.45, 2.75) is 25.4 Å². The van der Waals surface area contributed by atoms with E-state index in [9.17, 15) is 0 Å². The predicted octanol–water partition coefficient (Wildman–Crippen LogP) is 0.811. The second-order valence-corrected chi connectivity index (χ2v) is 2.23. The predicted molar refractivity (Wildman–Crippen MR) is 35.6 cm³/mol. The van der Waals surface area contributed by atoms with Gasteiger partial charge >= 0.3 is 0 Å². The van der Waals surface area contributed by atoms with Gasteiger partial charge in [0.05, 0.1) is 18.1 Å². The first-order chi connectivity index (χ1) is 4.84. The Morgan fingerprint density at radius 1 is 1.40 bits per heavy atom. The number of aliphatic hydroxyl groups excluding tert-OH is 1. The molecule has 54 valence electrons. The molecule has 3 heteroatoms. The summed E-state index contributed by atoms with van der Waals surface area (Å²) in [4.78, 5) is 0. The Hall–Kier alpha value is -1.06. The molecule has 10 heavy (non-hydrogen) atoms. The molecule has 1 rings (SSSR count). The molecule has 1 N–H and O–H groups in total. The third-order valence-electron chi connectivity index (χ3n) is 1.65. The Morgan fingerprint density at radius 3 is 2.20 bits per heavy atom. The fourth-order valence-electron chi connectivity index (χ4n) is 1.09. The van der Waals surface area contributed by atoms with Crippen molar-refractivity contribution >= 4 is 0 Å². The molecule has 0 heterocycles. The van der Waals surface area contributed by atoms with Crippen LogP contribution in [-0.2, 0) is 0 Å². The van der Waals surface area contributed by atoms with E-state index in [1.54, 1.807) is 0 Å². The van der Waals surface area contributed by atoms with E-state index < -0.39 is 0 Å². The van der Waals surface area contributed by atoms with Crippen molar-refractivity contribution in [3.63, 3.8) is 0 Å². The molecule has 0 aromatic carbocycles. The lowest BCUT2D eigenvalue weighted by Gasteiger charge is -2.01. The standard InChI is InChI=1S/C6H9NO.CHN/c7-4-5-2-1-3-6(5)8;1-2/h5-6,8H,1-3H2;1H/t5-,6+;/m0./s1. The molecule has 0 amide bonds. The van der Waals surface area contributed by atoms with Crippen LogP contribution in [-0.4, -0.2) is 11.2 Å². The zero-order valence-corrected chi connectivity index (χ0v) is 5.70. The van der Waals surface area contributed by atoms with Crippen molar-refractivity contribution in [1.29, 1.82) is 10.5 Å². The van der Waals surface area contributed by atoms with Crippen molar-refractivity contribution in [1.82, 2.24) is 0 Å². The Labute approximate surface area is 60.5 Å². The molecule has 3 nitrogen and oxygen atoms in total. The average Bonchev–Trinajstić information content (AvgIpc) is 2.39. The lowest BCUT2D eigenvalue weighted by Crippen LogP contribution is -2.09. The summed E-state index contributed by atoms with van der Waals surface area (Å²) in [5.74, 6) is -0.0741. The molecule has 0 aromatic heterocycles. The van der Waals surface area contributed by atoms with Crippen molar-refractivity contribution in [3.05, 3.63) is 0 Å². The summed E-state index contributed by atoms with van der Waals surface area (Å²) >= 11 is 0. The zero-order valence-electron chi connectivity index (χ0n) is 5.70. The van der Waals surface area contributed by atoms with Crippen LogP contribution in [0.15, 0.2) is 0 Å². The van der Waals surface area contributed by atoms with Crippen LogP contribution in [0, 0.1) is 29.1 Å². The van der Waals surface area contributed by atoms with Crippen LogP contribution in [0.3, 0.4) is 0 Å². The first kappa shape index (κ1) is 8.94. The lowest BCUT2D eigenvalue weighted by atomic mass is 10.1. The molecule has 2 atom stereocenters. The monoisotopic (exact) mass is 138 g/mol. The Bertz CT molecular complexity index is 147. The minimum absolute atomic E-state index is 0.0741. The summed E-state index contributed by atoms with van der Waals surface area (Å²) in [6, 6.07) is 2.06. The van der Waals surface area contributed by atoms with E-state index in [0.29, 0.717) is 0 Å². The van der Waals surface area contributed by atoms with Crippen LogP contribution in [0.25, 0.3) is 0 Å². The van der Waals surface area contributed by atoms with Crippen LogP contribution in [0.2, 0.25) is 0 Å². The van der Waals surface area contributed by atoms with Crippen molar-refractivity contribution < 1.29 is 5.11 Å². The second-order valence-electron chi connectivity index (χ2n) is 2.23. The third kappa shape index (κ3) is 2.05. The molecule has 0 saturated heterocycles. The molecule has 0 unspecified atom stereocenters. The number of nitriles is 2. The molecule has 0 bridgehead atoms. The van der Waals surface area contributed by atoms with Gasteiger partial charge in [0.15, 0.2) is 0 Å². The molecule has 0 aromatic rings. The summed E-state index contributed by atoms with van der Waals surface area (Å²) in [7, 11) is 0. The van der Waals surface area contributed by atoms with Gasteiger partial charge in [0.2, 0.25) is 0 Å². The van der Waals surface area contributed by atoms with Gasteiger partial charge in [-0.2, -0.15) is 5.26 Å². The highest BCUT2D eigenvalue weighted by molar-refractivity contribution is 4.92. The quantitative estimate of drug-likeness (QED) is 0.538. The molecule has 0 aliphatic heterocycles. The first-order valence-electron chi connectivity index (χ1n) is 3.18. The highest BCUT2D eigenvalue weighted by Crippen LogP contribution is 2.23. The van der Waals surface area contributed by atoms with Gasteiger partial charge < -0.3 is 5.11 Å². The zero-order chi connectivity index (χ0) is 7.98. The van der Waals surface area contributed by atoms with Gasteiger partial charge in [-0.1, -0.05) is 0 Å². The van der Waals surface area contributed by atoms with E-state index in [1.165, 1.54) is 0 Å². The van der Waals surface area contributed by atoms with Gasteiger partial charge in [0, 0.05) is 6.57 Å². The molecule has 1 aliphatic rings. The lowest BCUT2D eigenvalue weighted by molar-refractivity contribution is 0.156. The van der Waals surface area contributed by atoms with Gasteiger partial charge in [-0.3, -0.25) is 0 Å². The minimum Gasteiger partial charge on any atom is -0.392 e. The molecule has 0 radical (unpaired) electrons. The van der Waals surface area contributed by atoms with Crippen LogP contribution >= 0.6 is 0 Å². The maximum Gasteiger partial charge on any atom is 0.0722 e. The third-order valence-corrected chi connectivity index (χ3v) is 1.65. The molecule has 1 saturated carbocycles. The van der Waals surface area contributed by atoms with Gasteiger partial charge in [-0.05, 0) is 19.3 Å². The summed E-state index contributed by atoms with van der Waals surface area (Å²) in [5, 5.41) is 23.8. The average molecular weight is 138 g/mol. The maximum atomic E-state index is 8.97. The molecular weight excluding hydrogens is 128 g/mol. The summed E-state index contributed by atoms with van der Waals surface area (Å²) in [6.07, 6.45) is 2.38. The number of aliphatic hydroxyl groups is 1. The maximum absolute atomic E-state index is 8.97. The van der Waals surface area contributed by atoms with Crippen LogP contribution in [0.4, 0.5) is 0 Å². The van der Waals surface area contributed by atoms with Crippen LogP contribution < -0.4 is 0 Å². The van der Waals surface area contributed by atoms with Gasteiger partial charge in [-0.15, -0.1) is 0 Å². The number of hydrogen-bond acceptors (Lipinski definition) is 3. The SMILES string of the molecule is C#N.N#C[C@@H]1CCC[C@H]1O. The van der Waals surface area contributed by atoms with E-state index in [1.807, 2.05) is 0 Å². The Morgan fingerprint density at radius 2 is 2.00 bits per heavy atom. The topological polar surface area (TPSA) is 67.8 Å².